The van der Waals surface area contributed by atoms with Crippen molar-refractivity contribution in [2.45, 2.75) is 20.5 Å². The molecule has 4 rings (SSSR count). The number of tetrazole rings is 1. The second kappa shape index (κ2) is 7.62. The molecule has 6 nitrogen and oxygen atoms in total. The molecule has 0 N–H and O–H groups in total. The second-order valence-corrected chi connectivity index (χ2v) is 7.47. The summed E-state index contributed by atoms with van der Waals surface area (Å²) in [4.78, 5) is 4.79. The zero-order valence-corrected chi connectivity index (χ0v) is 16.6. The minimum Gasteiger partial charge on any atom is -0.369 e. The van der Waals surface area contributed by atoms with Gasteiger partial charge in [0.05, 0.1) is 12.4 Å². The van der Waals surface area contributed by atoms with Crippen molar-refractivity contribution < 1.29 is 0 Å². The van der Waals surface area contributed by atoms with Gasteiger partial charge in [0.2, 0.25) is 4.77 Å². The molecule has 0 aliphatic carbocycles. The van der Waals surface area contributed by atoms with Crippen LogP contribution in [0, 0.1) is 18.6 Å². The summed E-state index contributed by atoms with van der Waals surface area (Å²) in [5.74, 6) is 0. The summed E-state index contributed by atoms with van der Waals surface area (Å²) in [5, 5.41) is 8.58. The highest BCUT2D eigenvalue weighted by Gasteiger charge is 2.18. The van der Waals surface area contributed by atoms with Crippen molar-refractivity contribution in [2.24, 2.45) is 0 Å². The van der Waals surface area contributed by atoms with E-state index in [0.717, 1.165) is 31.9 Å². The van der Waals surface area contributed by atoms with Crippen LogP contribution in [0.4, 0.5) is 5.69 Å². The van der Waals surface area contributed by atoms with E-state index < -0.39 is 0 Å². The molecule has 1 aliphatic heterocycles. The van der Waals surface area contributed by atoms with E-state index in [0.29, 0.717) is 11.4 Å². The molecule has 2 aromatic carbocycles. The minimum absolute atomic E-state index is 0.630. The zero-order valence-electron chi connectivity index (χ0n) is 15.7. The van der Waals surface area contributed by atoms with Gasteiger partial charge < -0.3 is 4.90 Å². The average Bonchev–Trinajstić information content (AvgIpc) is 3.03. The Morgan fingerprint density at radius 3 is 2.19 bits per heavy atom. The van der Waals surface area contributed by atoms with Gasteiger partial charge in [0.15, 0.2) is 0 Å². The van der Waals surface area contributed by atoms with Gasteiger partial charge in [-0.1, -0.05) is 24.3 Å². The number of rotatable bonds is 4. The van der Waals surface area contributed by atoms with Crippen LogP contribution >= 0.6 is 12.2 Å². The van der Waals surface area contributed by atoms with Crippen molar-refractivity contribution in [3.05, 3.63) is 64.4 Å². The Bertz CT molecular complexity index is 949. The van der Waals surface area contributed by atoms with E-state index in [9.17, 15) is 0 Å². The molecule has 27 heavy (non-hydrogen) atoms. The number of para-hydroxylation sites is 1. The van der Waals surface area contributed by atoms with E-state index in [1.165, 1.54) is 16.8 Å². The van der Waals surface area contributed by atoms with E-state index in [1.807, 2.05) is 4.68 Å². The first-order valence-electron chi connectivity index (χ1n) is 9.24. The van der Waals surface area contributed by atoms with E-state index in [1.54, 1.807) is 4.68 Å². The van der Waals surface area contributed by atoms with E-state index in [4.69, 9.17) is 12.2 Å². The van der Waals surface area contributed by atoms with Gasteiger partial charge in [-0.3, -0.25) is 4.90 Å². The number of anilines is 1. The Hall–Kier alpha value is -2.51. The number of aromatic nitrogens is 4. The number of hydrogen-bond donors (Lipinski definition) is 0. The van der Waals surface area contributed by atoms with Crippen LogP contribution in [0.1, 0.15) is 11.1 Å². The highest BCUT2D eigenvalue weighted by Crippen LogP contribution is 2.16. The monoisotopic (exact) mass is 380 g/mol. The maximum Gasteiger partial charge on any atom is 0.221 e. The van der Waals surface area contributed by atoms with Crippen molar-refractivity contribution in [1.82, 2.24) is 24.7 Å². The van der Waals surface area contributed by atoms with Gasteiger partial charge in [-0.05, 0) is 71.9 Å². The third-order valence-electron chi connectivity index (χ3n) is 4.92. The number of aryl methyl sites for hydroxylation is 2. The maximum absolute atomic E-state index is 5.63. The molecule has 1 fully saturated rings. The fourth-order valence-electron chi connectivity index (χ4n) is 3.57. The standard InChI is InChI=1S/C20H24N6S/c1-16-12-17(2)14-19(13-16)26-20(27)25(21-22-26)15-23-8-10-24(11-9-23)18-6-4-3-5-7-18/h3-7,12-14H,8-11,15H2,1-2H3. The molecule has 0 unspecified atom stereocenters. The molecule has 0 saturated carbocycles. The highest BCUT2D eigenvalue weighted by molar-refractivity contribution is 7.71. The van der Waals surface area contributed by atoms with E-state index in [2.05, 4.69) is 82.6 Å². The summed E-state index contributed by atoms with van der Waals surface area (Å²) in [6, 6.07) is 16.9. The van der Waals surface area contributed by atoms with Gasteiger partial charge in [-0.2, -0.15) is 4.68 Å². The van der Waals surface area contributed by atoms with Crippen LogP contribution in [0.5, 0.6) is 0 Å². The predicted octanol–water partition coefficient (Wildman–Crippen LogP) is 3.19. The Kier molecular flexibility index (Phi) is 5.05. The number of benzene rings is 2. The molecule has 0 radical (unpaired) electrons. The topological polar surface area (TPSA) is 42.1 Å². The quantitative estimate of drug-likeness (QED) is 0.650. The van der Waals surface area contributed by atoms with Crippen LogP contribution in [-0.2, 0) is 6.67 Å². The molecule has 1 saturated heterocycles. The normalized spacial score (nSPS) is 15.3. The van der Waals surface area contributed by atoms with Gasteiger partial charge in [0.1, 0.15) is 0 Å². The Labute approximate surface area is 164 Å². The molecule has 0 bridgehead atoms. The average molecular weight is 381 g/mol. The van der Waals surface area contributed by atoms with E-state index >= 15 is 0 Å². The molecule has 140 valence electrons. The summed E-state index contributed by atoms with van der Waals surface area (Å²) in [7, 11) is 0. The van der Waals surface area contributed by atoms with Crippen LogP contribution in [0.15, 0.2) is 48.5 Å². The van der Waals surface area contributed by atoms with Gasteiger partial charge >= 0.3 is 0 Å². The third-order valence-corrected chi connectivity index (χ3v) is 5.30. The minimum atomic E-state index is 0.630. The van der Waals surface area contributed by atoms with E-state index in [-0.39, 0.29) is 0 Å². The zero-order chi connectivity index (χ0) is 18.8. The van der Waals surface area contributed by atoms with Crippen LogP contribution in [0.25, 0.3) is 5.69 Å². The Balaban J connectivity index is 1.44. The van der Waals surface area contributed by atoms with Crippen LogP contribution < -0.4 is 4.90 Å². The number of piperazine rings is 1. The molecular weight excluding hydrogens is 356 g/mol. The second-order valence-electron chi connectivity index (χ2n) is 7.10. The maximum atomic E-state index is 5.63. The lowest BCUT2D eigenvalue weighted by atomic mass is 10.1. The van der Waals surface area contributed by atoms with Crippen molar-refractivity contribution in [1.29, 1.82) is 0 Å². The Morgan fingerprint density at radius 1 is 0.852 bits per heavy atom. The lowest BCUT2D eigenvalue weighted by Crippen LogP contribution is -2.47. The van der Waals surface area contributed by atoms with Gasteiger partial charge in [0, 0.05) is 31.9 Å². The van der Waals surface area contributed by atoms with Crippen molar-refractivity contribution in [3.8, 4) is 5.69 Å². The molecule has 1 aromatic heterocycles. The summed E-state index contributed by atoms with van der Waals surface area (Å²) in [5.41, 5.74) is 4.64. The highest BCUT2D eigenvalue weighted by atomic mass is 32.1. The lowest BCUT2D eigenvalue weighted by Gasteiger charge is -2.35. The fraction of sp³-hybridized carbons (Fsp3) is 0.350. The van der Waals surface area contributed by atoms with Crippen LogP contribution in [-0.4, -0.2) is 50.9 Å². The molecule has 2 heterocycles. The molecule has 0 atom stereocenters. The largest absolute Gasteiger partial charge is 0.369 e. The molecule has 1 aliphatic rings. The first-order chi connectivity index (χ1) is 13.1. The van der Waals surface area contributed by atoms with Crippen molar-refractivity contribution >= 4 is 17.9 Å². The number of hydrogen-bond acceptors (Lipinski definition) is 5. The Morgan fingerprint density at radius 2 is 1.52 bits per heavy atom. The molecule has 0 amide bonds. The summed E-state index contributed by atoms with van der Waals surface area (Å²) in [6.07, 6.45) is 0. The number of nitrogens with zero attached hydrogens (tertiary/aromatic N) is 6. The predicted molar refractivity (Wildman–Crippen MR) is 110 cm³/mol. The molecular formula is C20H24N6S. The van der Waals surface area contributed by atoms with Crippen LogP contribution in [0.3, 0.4) is 0 Å². The SMILES string of the molecule is Cc1cc(C)cc(-n2nnn(CN3CCN(c4ccccc4)CC3)c2=S)c1. The first-order valence-corrected chi connectivity index (χ1v) is 9.65. The van der Waals surface area contributed by atoms with Gasteiger partial charge in [-0.25, -0.2) is 4.68 Å². The molecule has 7 heteroatoms. The summed E-state index contributed by atoms with van der Waals surface area (Å²) >= 11 is 5.63. The summed E-state index contributed by atoms with van der Waals surface area (Å²) < 4.78 is 4.19. The van der Waals surface area contributed by atoms with Gasteiger partial charge in [-0.15, -0.1) is 0 Å². The smallest absolute Gasteiger partial charge is 0.221 e. The summed E-state index contributed by atoms with van der Waals surface area (Å²) in [6.45, 7) is 8.80. The lowest BCUT2D eigenvalue weighted by molar-refractivity contribution is 0.193. The van der Waals surface area contributed by atoms with Crippen molar-refractivity contribution in [3.63, 3.8) is 0 Å². The molecule has 0 spiro atoms. The first kappa shape index (κ1) is 17.9. The third kappa shape index (κ3) is 3.94. The van der Waals surface area contributed by atoms with Crippen LogP contribution in [0.2, 0.25) is 0 Å². The van der Waals surface area contributed by atoms with Crippen molar-refractivity contribution in [2.75, 3.05) is 31.1 Å². The molecule has 3 aromatic rings. The van der Waals surface area contributed by atoms with Gasteiger partial charge in [0.25, 0.3) is 0 Å². The fourth-order valence-corrected chi connectivity index (χ4v) is 3.81.